The first-order valence-electron chi connectivity index (χ1n) is 7.87. The number of furan rings is 1. The second-order valence-electron chi connectivity index (χ2n) is 5.44. The molecule has 24 heavy (non-hydrogen) atoms. The molecule has 0 radical (unpaired) electrons. The van der Waals surface area contributed by atoms with Gasteiger partial charge in [-0.3, -0.25) is 0 Å². The Hall–Kier alpha value is -1.98. The zero-order valence-electron chi connectivity index (χ0n) is 13.8. The summed E-state index contributed by atoms with van der Waals surface area (Å²) in [6.45, 7) is 4.06. The highest BCUT2D eigenvalue weighted by molar-refractivity contribution is 9.10. The predicted molar refractivity (Wildman–Crippen MR) is 98.6 cm³/mol. The minimum Gasteiger partial charge on any atom is -0.493 e. The van der Waals surface area contributed by atoms with Crippen molar-refractivity contribution < 1.29 is 13.9 Å². The van der Waals surface area contributed by atoms with E-state index in [4.69, 9.17) is 13.9 Å². The van der Waals surface area contributed by atoms with Crippen LogP contribution in [0.15, 0.2) is 51.6 Å². The van der Waals surface area contributed by atoms with Crippen molar-refractivity contribution in [1.82, 2.24) is 5.32 Å². The molecule has 0 aliphatic rings. The summed E-state index contributed by atoms with van der Waals surface area (Å²) >= 11 is 3.55. The van der Waals surface area contributed by atoms with Crippen molar-refractivity contribution in [2.45, 2.75) is 20.0 Å². The number of hydrogen-bond donors (Lipinski definition) is 1. The molecular formula is C19H20BrNO3. The van der Waals surface area contributed by atoms with E-state index in [1.54, 1.807) is 13.4 Å². The van der Waals surface area contributed by atoms with Crippen LogP contribution in [0, 0.1) is 0 Å². The molecule has 1 aromatic heterocycles. The molecule has 3 aromatic rings. The minimum absolute atomic E-state index is 0.599. The van der Waals surface area contributed by atoms with E-state index in [1.165, 1.54) is 5.56 Å². The quantitative estimate of drug-likeness (QED) is 0.624. The Morgan fingerprint density at radius 2 is 1.92 bits per heavy atom. The third-order valence-electron chi connectivity index (χ3n) is 3.76. The first kappa shape index (κ1) is 16.9. The maximum absolute atomic E-state index is 5.62. The number of rotatable bonds is 7. The number of benzene rings is 2. The Balaban J connectivity index is 1.66. The summed E-state index contributed by atoms with van der Waals surface area (Å²) in [6, 6.07) is 12.3. The molecule has 0 unspecified atom stereocenters. The second-order valence-corrected chi connectivity index (χ2v) is 6.29. The van der Waals surface area contributed by atoms with E-state index < -0.39 is 0 Å². The fourth-order valence-electron chi connectivity index (χ4n) is 2.62. The van der Waals surface area contributed by atoms with Crippen LogP contribution in [0.2, 0.25) is 0 Å². The molecule has 0 bridgehead atoms. The van der Waals surface area contributed by atoms with Crippen LogP contribution in [0.4, 0.5) is 0 Å². The maximum Gasteiger partial charge on any atom is 0.175 e. The number of nitrogens with one attached hydrogen (secondary N) is 1. The molecule has 0 fully saturated rings. The van der Waals surface area contributed by atoms with Gasteiger partial charge in [0.1, 0.15) is 5.58 Å². The van der Waals surface area contributed by atoms with Crippen LogP contribution >= 0.6 is 15.9 Å². The highest BCUT2D eigenvalue weighted by Gasteiger charge is 2.11. The van der Waals surface area contributed by atoms with Crippen molar-refractivity contribution in [1.29, 1.82) is 0 Å². The zero-order chi connectivity index (χ0) is 16.9. The van der Waals surface area contributed by atoms with Crippen LogP contribution in [-0.2, 0) is 13.1 Å². The van der Waals surface area contributed by atoms with E-state index in [0.717, 1.165) is 45.6 Å². The van der Waals surface area contributed by atoms with Gasteiger partial charge >= 0.3 is 0 Å². The van der Waals surface area contributed by atoms with E-state index in [2.05, 4.69) is 45.5 Å². The molecule has 0 saturated carbocycles. The van der Waals surface area contributed by atoms with Gasteiger partial charge in [-0.15, -0.1) is 0 Å². The van der Waals surface area contributed by atoms with E-state index in [9.17, 15) is 0 Å². The number of halogens is 1. The monoisotopic (exact) mass is 389 g/mol. The number of hydrogen-bond acceptors (Lipinski definition) is 4. The van der Waals surface area contributed by atoms with E-state index in [0.29, 0.717) is 6.61 Å². The predicted octanol–water partition coefficient (Wildman–Crippen LogP) is 4.89. The van der Waals surface area contributed by atoms with Gasteiger partial charge in [0.2, 0.25) is 0 Å². The summed E-state index contributed by atoms with van der Waals surface area (Å²) < 4.78 is 17.4. The summed E-state index contributed by atoms with van der Waals surface area (Å²) in [5.41, 5.74) is 3.23. The van der Waals surface area contributed by atoms with Gasteiger partial charge in [-0.2, -0.15) is 0 Å². The van der Waals surface area contributed by atoms with Crippen LogP contribution in [0.25, 0.3) is 11.0 Å². The molecule has 5 heteroatoms. The van der Waals surface area contributed by atoms with Gasteiger partial charge in [-0.25, -0.2) is 0 Å². The molecule has 0 amide bonds. The van der Waals surface area contributed by atoms with Gasteiger partial charge in [-0.1, -0.05) is 12.1 Å². The first-order valence-corrected chi connectivity index (χ1v) is 8.66. The smallest absolute Gasteiger partial charge is 0.175 e. The number of fused-ring (bicyclic) bond motifs is 1. The summed E-state index contributed by atoms with van der Waals surface area (Å²) in [5.74, 6) is 1.48. The van der Waals surface area contributed by atoms with Gasteiger partial charge in [-0.05, 0) is 58.2 Å². The van der Waals surface area contributed by atoms with Crippen molar-refractivity contribution >= 4 is 26.9 Å². The van der Waals surface area contributed by atoms with Gasteiger partial charge in [0.25, 0.3) is 0 Å². The third kappa shape index (κ3) is 3.74. The minimum atomic E-state index is 0.599. The molecular weight excluding hydrogens is 370 g/mol. The lowest BCUT2D eigenvalue weighted by molar-refractivity contribution is 0.308. The Morgan fingerprint density at radius 1 is 1.08 bits per heavy atom. The molecule has 1 heterocycles. The topological polar surface area (TPSA) is 43.6 Å². The molecule has 0 aliphatic heterocycles. The van der Waals surface area contributed by atoms with E-state index in [-0.39, 0.29) is 0 Å². The average molecular weight is 390 g/mol. The summed E-state index contributed by atoms with van der Waals surface area (Å²) in [6.07, 6.45) is 1.71. The Kier molecular flexibility index (Phi) is 5.43. The van der Waals surface area contributed by atoms with Crippen LogP contribution in [0.3, 0.4) is 0 Å². The molecule has 0 aliphatic carbocycles. The number of ether oxygens (including phenoxy) is 2. The van der Waals surface area contributed by atoms with E-state index >= 15 is 0 Å². The molecule has 0 saturated heterocycles. The van der Waals surface area contributed by atoms with Crippen LogP contribution in [-0.4, -0.2) is 13.7 Å². The zero-order valence-corrected chi connectivity index (χ0v) is 15.4. The van der Waals surface area contributed by atoms with Crippen LogP contribution in [0.5, 0.6) is 11.5 Å². The molecule has 2 aromatic carbocycles. The van der Waals surface area contributed by atoms with Gasteiger partial charge in [0.15, 0.2) is 11.5 Å². The molecule has 3 rings (SSSR count). The van der Waals surface area contributed by atoms with Crippen molar-refractivity contribution in [3.63, 3.8) is 0 Å². The van der Waals surface area contributed by atoms with Crippen LogP contribution < -0.4 is 14.8 Å². The molecule has 4 nitrogen and oxygen atoms in total. The van der Waals surface area contributed by atoms with Gasteiger partial charge in [0, 0.05) is 18.5 Å². The summed E-state index contributed by atoms with van der Waals surface area (Å²) in [7, 11) is 1.65. The SMILES string of the molecule is CCOc1c(Br)cc(CNCc2ccc3ccoc3c2)cc1OC. The lowest BCUT2D eigenvalue weighted by Crippen LogP contribution is -2.13. The maximum atomic E-state index is 5.62. The van der Waals surface area contributed by atoms with Crippen molar-refractivity contribution in [2.75, 3.05) is 13.7 Å². The Morgan fingerprint density at radius 3 is 2.71 bits per heavy atom. The van der Waals surface area contributed by atoms with Crippen molar-refractivity contribution in [3.05, 3.63) is 58.3 Å². The van der Waals surface area contributed by atoms with Gasteiger partial charge < -0.3 is 19.2 Å². The lowest BCUT2D eigenvalue weighted by Gasteiger charge is -2.14. The summed E-state index contributed by atoms with van der Waals surface area (Å²) in [5, 5.41) is 4.57. The highest BCUT2D eigenvalue weighted by Crippen LogP contribution is 2.36. The third-order valence-corrected chi connectivity index (χ3v) is 4.35. The molecule has 0 spiro atoms. The van der Waals surface area contributed by atoms with Gasteiger partial charge in [0.05, 0.1) is 24.5 Å². The standard InChI is InChI=1S/C19H20BrNO3/c1-3-23-19-16(20)8-14(10-18(19)22-2)12-21-11-13-4-5-15-6-7-24-17(15)9-13/h4-10,21H,3,11-12H2,1-2H3. The largest absolute Gasteiger partial charge is 0.493 e. The average Bonchev–Trinajstić information content (AvgIpc) is 3.04. The van der Waals surface area contributed by atoms with Crippen molar-refractivity contribution in [2.24, 2.45) is 0 Å². The highest BCUT2D eigenvalue weighted by atomic mass is 79.9. The fraction of sp³-hybridized carbons (Fsp3) is 0.263. The molecule has 126 valence electrons. The molecule has 1 N–H and O–H groups in total. The molecule has 0 atom stereocenters. The Bertz CT molecular complexity index is 829. The van der Waals surface area contributed by atoms with Crippen molar-refractivity contribution in [3.8, 4) is 11.5 Å². The lowest BCUT2D eigenvalue weighted by atomic mass is 10.1. The Labute approximate surface area is 149 Å². The second kappa shape index (κ2) is 7.73. The number of methoxy groups -OCH3 is 1. The summed E-state index contributed by atoms with van der Waals surface area (Å²) in [4.78, 5) is 0. The van der Waals surface area contributed by atoms with E-state index in [1.807, 2.05) is 19.1 Å². The first-order chi connectivity index (χ1) is 11.7. The normalized spacial score (nSPS) is 11.0. The van der Waals surface area contributed by atoms with Crippen LogP contribution in [0.1, 0.15) is 18.1 Å². The fourth-order valence-corrected chi connectivity index (χ4v) is 3.22.